The molecule has 0 saturated heterocycles. The number of para-hydroxylation sites is 1. The minimum absolute atomic E-state index is 0.0164. The standard InChI is InChI=1S/C14H17N3O/c1-17(13-8-3-2-5-10(13)9-15)14(18)11-6-4-7-12(11)16/h2-3,5,8,11-12H,4,6-7,16H2,1H3. The van der Waals surface area contributed by atoms with E-state index >= 15 is 0 Å². The molecule has 1 fully saturated rings. The van der Waals surface area contributed by atoms with Crippen molar-refractivity contribution in [2.45, 2.75) is 25.3 Å². The molecule has 2 unspecified atom stereocenters. The van der Waals surface area contributed by atoms with Crippen molar-refractivity contribution in [2.24, 2.45) is 11.7 Å². The Balaban J connectivity index is 2.23. The summed E-state index contributed by atoms with van der Waals surface area (Å²) in [6.07, 6.45) is 2.76. The molecular formula is C14H17N3O. The quantitative estimate of drug-likeness (QED) is 0.858. The van der Waals surface area contributed by atoms with Gasteiger partial charge in [0.25, 0.3) is 0 Å². The van der Waals surface area contributed by atoms with Gasteiger partial charge in [0, 0.05) is 13.1 Å². The van der Waals surface area contributed by atoms with Crippen molar-refractivity contribution in [1.82, 2.24) is 0 Å². The van der Waals surface area contributed by atoms with Crippen molar-refractivity contribution >= 4 is 11.6 Å². The molecule has 1 aromatic carbocycles. The van der Waals surface area contributed by atoms with Crippen molar-refractivity contribution in [3.8, 4) is 6.07 Å². The van der Waals surface area contributed by atoms with Crippen LogP contribution in [0.1, 0.15) is 24.8 Å². The fourth-order valence-corrected chi connectivity index (χ4v) is 2.52. The first-order valence-electron chi connectivity index (χ1n) is 6.17. The summed E-state index contributed by atoms with van der Waals surface area (Å²) in [5.74, 6) is -0.0931. The van der Waals surface area contributed by atoms with E-state index in [2.05, 4.69) is 6.07 Å². The van der Waals surface area contributed by atoms with Crippen LogP contribution in [0.25, 0.3) is 0 Å². The average molecular weight is 243 g/mol. The predicted molar refractivity (Wildman–Crippen MR) is 69.9 cm³/mol. The number of benzene rings is 1. The van der Waals surface area contributed by atoms with E-state index in [0.29, 0.717) is 11.3 Å². The van der Waals surface area contributed by atoms with Crippen molar-refractivity contribution in [3.63, 3.8) is 0 Å². The second kappa shape index (κ2) is 5.19. The van der Waals surface area contributed by atoms with Gasteiger partial charge in [0.05, 0.1) is 17.2 Å². The van der Waals surface area contributed by atoms with Crippen LogP contribution in [0.5, 0.6) is 0 Å². The molecule has 1 aliphatic rings. The van der Waals surface area contributed by atoms with Crippen LogP contribution in [-0.2, 0) is 4.79 Å². The molecule has 18 heavy (non-hydrogen) atoms. The van der Waals surface area contributed by atoms with Gasteiger partial charge in [-0.25, -0.2) is 0 Å². The molecule has 1 amide bonds. The van der Waals surface area contributed by atoms with Crippen LogP contribution in [-0.4, -0.2) is 19.0 Å². The van der Waals surface area contributed by atoms with Crippen LogP contribution >= 0.6 is 0 Å². The molecule has 4 nitrogen and oxygen atoms in total. The summed E-state index contributed by atoms with van der Waals surface area (Å²) in [7, 11) is 1.71. The third kappa shape index (κ3) is 2.22. The van der Waals surface area contributed by atoms with Gasteiger partial charge in [-0.05, 0) is 25.0 Å². The average Bonchev–Trinajstić information content (AvgIpc) is 2.83. The molecule has 0 radical (unpaired) electrons. The highest BCUT2D eigenvalue weighted by Gasteiger charge is 2.33. The monoisotopic (exact) mass is 243 g/mol. The van der Waals surface area contributed by atoms with Gasteiger partial charge in [-0.15, -0.1) is 0 Å². The number of hydrogen-bond donors (Lipinski definition) is 1. The van der Waals surface area contributed by atoms with E-state index in [1.807, 2.05) is 6.07 Å². The summed E-state index contributed by atoms with van der Waals surface area (Å²) in [5.41, 5.74) is 7.12. The first kappa shape index (κ1) is 12.6. The second-order valence-electron chi connectivity index (χ2n) is 4.73. The molecule has 1 aliphatic carbocycles. The van der Waals surface area contributed by atoms with Gasteiger partial charge in [0.2, 0.25) is 5.91 Å². The van der Waals surface area contributed by atoms with Gasteiger partial charge in [0.1, 0.15) is 6.07 Å². The number of anilines is 1. The van der Waals surface area contributed by atoms with E-state index in [0.717, 1.165) is 19.3 Å². The maximum absolute atomic E-state index is 12.4. The number of nitrogens with zero attached hydrogens (tertiary/aromatic N) is 2. The summed E-state index contributed by atoms with van der Waals surface area (Å²) >= 11 is 0. The molecule has 2 atom stereocenters. The maximum atomic E-state index is 12.4. The van der Waals surface area contributed by atoms with Crippen LogP contribution < -0.4 is 10.6 Å². The highest BCUT2D eigenvalue weighted by atomic mass is 16.2. The van der Waals surface area contributed by atoms with E-state index in [-0.39, 0.29) is 17.9 Å². The molecule has 0 bridgehead atoms. The second-order valence-corrected chi connectivity index (χ2v) is 4.73. The molecule has 1 saturated carbocycles. The lowest BCUT2D eigenvalue weighted by Crippen LogP contribution is -2.40. The topological polar surface area (TPSA) is 70.1 Å². The minimum Gasteiger partial charge on any atom is -0.327 e. The van der Waals surface area contributed by atoms with E-state index < -0.39 is 0 Å². The van der Waals surface area contributed by atoms with Crippen LogP contribution in [0.2, 0.25) is 0 Å². The summed E-state index contributed by atoms with van der Waals surface area (Å²) in [4.78, 5) is 13.9. The number of amides is 1. The fourth-order valence-electron chi connectivity index (χ4n) is 2.52. The van der Waals surface area contributed by atoms with Crippen molar-refractivity contribution in [3.05, 3.63) is 29.8 Å². The predicted octanol–water partition coefficient (Wildman–Crippen LogP) is 1.65. The van der Waals surface area contributed by atoms with Crippen LogP contribution in [0.3, 0.4) is 0 Å². The minimum atomic E-state index is -0.109. The Labute approximate surface area is 107 Å². The van der Waals surface area contributed by atoms with Crippen molar-refractivity contribution in [2.75, 3.05) is 11.9 Å². The Kier molecular flexibility index (Phi) is 3.63. The van der Waals surface area contributed by atoms with E-state index in [1.165, 1.54) is 0 Å². The smallest absolute Gasteiger partial charge is 0.231 e. The van der Waals surface area contributed by atoms with Crippen molar-refractivity contribution < 1.29 is 4.79 Å². The Bertz CT molecular complexity index is 492. The van der Waals surface area contributed by atoms with Gasteiger partial charge in [-0.3, -0.25) is 4.79 Å². The molecular weight excluding hydrogens is 226 g/mol. The summed E-state index contributed by atoms with van der Waals surface area (Å²) < 4.78 is 0. The van der Waals surface area contributed by atoms with E-state index in [4.69, 9.17) is 11.0 Å². The third-order valence-electron chi connectivity index (χ3n) is 3.60. The first-order chi connectivity index (χ1) is 8.65. The number of hydrogen-bond acceptors (Lipinski definition) is 3. The van der Waals surface area contributed by atoms with Crippen LogP contribution in [0.4, 0.5) is 5.69 Å². The highest BCUT2D eigenvalue weighted by molar-refractivity contribution is 5.96. The lowest BCUT2D eigenvalue weighted by molar-refractivity contribution is -0.122. The molecule has 0 heterocycles. The Morgan fingerprint density at radius 1 is 1.44 bits per heavy atom. The fraction of sp³-hybridized carbons (Fsp3) is 0.429. The number of nitriles is 1. The first-order valence-corrected chi connectivity index (χ1v) is 6.17. The molecule has 0 aromatic heterocycles. The largest absolute Gasteiger partial charge is 0.327 e. The molecule has 1 aromatic rings. The zero-order valence-electron chi connectivity index (χ0n) is 10.5. The summed E-state index contributed by atoms with van der Waals surface area (Å²) in [6.45, 7) is 0. The number of carbonyl (C=O) groups is 1. The zero-order valence-corrected chi connectivity index (χ0v) is 10.5. The van der Waals surface area contributed by atoms with E-state index in [9.17, 15) is 4.79 Å². The molecule has 94 valence electrons. The number of nitrogens with two attached hydrogens (primary N) is 1. The lowest BCUT2D eigenvalue weighted by Gasteiger charge is -2.24. The normalized spacial score (nSPS) is 22.5. The summed E-state index contributed by atoms with van der Waals surface area (Å²) in [5, 5.41) is 9.05. The number of carbonyl (C=O) groups excluding carboxylic acids is 1. The molecule has 2 N–H and O–H groups in total. The summed E-state index contributed by atoms with van der Waals surface area (Å²) in [6, 6.07) is 9.19. The molecule has 0 aliphatic heterocycles. The highest BCUT2D eigenvalue weighted by Crippen LogP contribution is 2.28. The van der Waals surface area contributed by atoms with Gasteiger partial charge >= 0.3 is 0 Å². The zero-order chi connectivity index (χ0) is 13.1. The van der Waals surface area contributed by atoms with Crippen LogP contribution in [0.15, 0.2) is 24.3 Å². The van der Waals surface area contributed by atoms with Gasteiger partial charge in [-0.2, -0.15) is 5.26 Å². The SMILES string of the molecule is CN(C(=O)C1CCCC1N)c1ccccc1C#N. The van der Waals surface area contributed by atoms with E-state index in [1.54, 1.807) is 30.1 Å². The molecule has 0 spiro atoms. The number of rotatable bonds is 2. The Hall–Kier alpha value is -1.86. The van der Waals surface area contributed by atoms with Gasteiger partial charge in [-0.1, -0.05) is 18.6 Å². The van der Waals surface area contributed by atoms with Crippen molar-refractivity contribution in [1.29, 1.82) is 5.26 Å². The Morgan fingerprint density at radius 3 is 2.78 bits per heavy atom. The third-order valence-corrected chi connectivity index (χ3v) is 3.60. The Morgan fingerprint density at radius 2 is 2.17 bits per heavy atom. The lowest BCUT2D eigenvalue weighted by atomic mass is 10.0. The van der Waals surface area contributed by atoms with Crippen LogP contribution in [0, 0.1) is 17.2 Å². The van der Waals surface area contributed by atoms with Gasteiger partial charge < -0.3 is 10.6 Å². The molecule has 2 rings (SSSR count). The maximum Gasteiger partial charge on any atom is 0.231 e. The molecule has 4 heteroatoms. The van der Waals surface area contributed by atoms with Gasteiger partial charge in [0.15, 0.2) is 0 Å².